The molecular weight excluding hydrogens is 397 g/mol. The molecule has 3 unspecified atom stereocenters. The standard InChI is InChI=1S/C16H16FN2O6P.CH3F/c17-12-7-19(16(21)18-15(12)20)14-6-5-11(24-14)9-23-26-22-8-10-3-1-2-4-13(10)25-26;1-2/h1-4,7,11,14H,5-6,8-9H2,(H,18,20,21);1H3. The molecule has 0 spiro atoms. The Morgan fingerprint density at radius 2 is 2.07 bits per heavy atom. The van der Waals surface area contributed by atoms with Crippen LogP contribution in [0.1, 0.15) is 24.6 Å². The quantitative estimate of drug-likeness (QED) is 0.771. The molecule has 1 aromatic carbocycles. The molecule has 4 rings (SSSR count). The highest BCUT2D eigenvalue weighted by Gasteiger charge is 2.30. The number of aromatic amines is 1. The average Bonchev–Trinajstić information content (AvgIpc) is 3.19. The number of para-hydroxylation sites is 1. The largest absolute Gasteiger partial charge is 0.426 e. The number of aromatic nitrogens is 2. The molecule has 0 saturated carbocycles. The molecule has 1 fully saturated rings. The Kier molecular flexibility index (Phi) is 6.90. The Hall–Kier alpha value is -2.13. The molecule has 0 aliphatic carbocycles. The highest BCUT2D eigenvalue weighted by molar-refractivity contribution is 7.42. The normalized spacial score (nSPS) is 23.3. The Bertz CT molecular complexity index is 921. The summed E-state index contributed by atoms with van der Waals surface area (Å²) < 4.78 is 46.6. The molecule has 0 amide bonds. The maximum atomic E-state index is 13.4. The van der Waals surface area contributed by atoms with Crippen LogP contribution >= 0.6 is 8.60 Å². The van der Waals surface area contributed by atoms with Crippen LogP contribution in [0.15, 0.2) is 40.1 Å². The van der Waals surface area contributed by atoms with Gasteiger partial charge in [-0.1, -0.05) is 18.2 Å². The van der Waals surface area contributed by atoms with Gasteiger partial charge in [0.25, 0.3) is 5.56 Å². The van der Waals surface area contributed by atoms with Crippen LogP contribution in [-0.2, 0) is 20.4 Å². The SMILES string of the molecule is CF.O=c1[nH]c(=O)n(C2CCC(COP3OCc4ccccc4O3)O2)cc1F. The average molecular weight is 416 g/mol. The summed E-state index contributed by atoms with van der Waals surface area (Å²) in [5, 5.41) is 0. The number of nitrogens with one attached hydrogen (secondary N) is 1. The van der Waals surface area contributed by atoms with Gasteiger partial charge >= 0.3 is 14.3 Å². The second-order valence-corrected chi connectivity index (χ2v) is 7.07. The van der Waals surface area contributed by atoms with E-state index in [4.69, 9.17) is 18.3 Å². The molecule has 3 atom stereocenters. The predicted octanol–water partition coefficient (Wildman–Crippen LogP) is 2.79. The molecule has 0 radical (unpaired) electrons. The second-order valence-electron chi connectivity index (χ2n) is 5.93. The lowest BCUT2D eigenvalue weighted by Gasteiger charge is -2.24. The van der Waals surface area contributed by atoms with Gasteiger partial charge in [-0.15, -0.1) is 0 Å². The fourth-order valence-electron chi connectivity index (χ4n) is 2.84. The maximum Gasteiger partial charge on any atom is 0.397 e. The van der Waals surface area contributed by atoms with Crippen LogP contribution in [0.2, 0.25) is 0 Å². The van der Waals surface area contributed by atoms with Gasteiger partial charge < -0.3 is 9.26 Å². The molecule has 1 aromatic heterocycles. The van der Waals surface area contributed by atoms with Gasteiger partial charge in [-0.2, -0.15) is 4.39 Å². The van der Waals surface area contributed by atoms with E-state index in [0.717, 1.165) is 22.1 Å². The lowest BCUT2D eigenvalue weighted by molar-refractivity contribution is -0.0233. The summed E-state index contributed by atoms with van der Waals surface area (Å²) in [4.78, 5) is 24.8. The van der Waals surface area contributed by atoms with Crippen molar-refractivity contribution < 1.29 is 27.1 Å². The smallest absolute Gasteiger partial charge is 0.397 e. The van der Waals surface area contributed by atoms with Gasteiger partial charge in [0.15, 0.2) is 0 Å². The Morgan fingerprint density at radius 3 is 2.89 bits per heavy atom. The molecular formula is C17H19F2N2O6P. The highest BCUT2D eigenvalue weighted by atomic mass is 31.2. The minimum atomic E-state index is -1.51. The van der Waals surface area contributed by atoms with Crippen molar-refractivity contribution in [2.75, 3.05) is 13.8 Å². The molecule has 152 valence electrons. The highest BCUT2D eigenvalue weighted by Crippen LogP contribution is 2.47. The van der Waals surface area contributed by atoms with E-state index in [1.807, 2.05) is 29.2 Å². The van der Waals surface area contributed by atoms with Crippen LogP contribution in [0, 0.1) is 5.82 Å². The van der Waals surface area contributed by atoms with E-state index < -0.39 is 31.9 Å². The van der Waals surface area contributed by atoms with Crippen LogP contribution in [0.5, 0.6) is 5.75 Å². The number of halogens is 2. The van der Waals surface area contributed by atoms with Crippen LogP contribution in [0.25, 0.3) is 0 Å². The monoisotopic (exact) mass is 416 g/mol. The molecule has 28 heavy (non-hydrogen) atoms. The second kappa shape index (κ2) is 9.38. The number of benzene rings is 1. The molecule has 11 heteroatoms. The van der Waals surface area contributed by atoms with Gasteiger partial charge in [-0.3, -0.25) is 27.8 Å². The van der Waals surface area contributed by atoms with Gasteiger partial charge in [0.2, 0.25) is 5.82 Å². The van der Waals surface area contributed by atoms with E-state index in [0.29, 0.717) is 26.6 Å². The van der Waals surface area contributed by atoms with E-state index in [-0.39, 0.29) is 12.7 Å². The minimum Gasteiger partial charge on any atom is -0.426 e. The number of hydrogen-bond donors (Lipinski definition) is 1. The van der Waals surface area contributed by atoms with E-state index in [9.17, 15) is 18.4 Å². The first-order valence-corrected chi connectivity index (χ1v) is 9.56. The summed E-state index contributed by atoms with van der Waals surface area (Å²) in [5.74, 6) is -0.288. The Balaban J connectivity index is 0.00000109. The Morgan fingerprint density at radius 1 is 1.29 bits per heavy atom. The molecule has 2 aliphatic rings. The zero-order valence-corrected chi connectivity index (χ0v) is 15.9. The number of alkyl halides is 1. The van der Waals surface area contributed by atoms with Crippen molar-refractivity contribution in [3.63, 3.8) is 0 Å². The van der Waals surface area contributed by atoms with Gasteiger partial charge in [0, 0.05) is 5.56 Å². The van der Waals surface area contributed by atoms with Gasteiger partial charge in [-0.25, -0.2) is 4.79 Å². The van der Waals surface area contributed by atoms with Gasteiger partial charge in [0.05, 0.1) is 32.7 Å². The third-order valence-corrected chi connectivity index (χ3v) is 5.20. The van der Waals surface area contributed by atoms with Crippen molar-refractivity contribution in [1.29, 1.82) is 0 Å². The summed E-state index contributed by atoms with van der Waals surface area (Å²) in [6.45, 7) is 0.646. The third-order valence-electron chi connectivity index (χ3n) is 4.16. The van der Waals surface area contributed by atoms with E-state index in [2.05, 4.69) is 0 Å². The van der Waals surface area contributed by atoms with Gasteiger partial charge in [-0.05, 0) is 18.9 Å². The molecule has 2 aromatic rings. The molecule has 1 N–H and O–H groups in total. The van der Waals surface area contributed by atoms with Crippen molar-refractivity contribution in [3.05, 3.63) is 62.7 Å². The first kappa shape index (κ1) is 20.6. The van der Waals surface area contributed by atoms with Crippen molar-refractivity contribution in [2.45, 2.75) is 31.8 Å². The number of fused-ring (bicyclic) bond motifs is 1. The predicted molar refractivity (Wildman–Crippen MR) is 96.2 cm³/mol. The zero-order chi connectivity index (χ0) is 20.1. The molecule has 3 heterocycles. The van der Waals surface area contributed by atoms with Crippen molar-refractivity contribution in [3.8, 4) is 5.75 Å². The number of hydrogen-bond acceptors (Lipinski definition) is 6. The van der Waals surface area contributed by atoms with Crippen LogP contribution in [0.4, 0.5) is 8.78 Å². The number of rotatable bonds is 4. The summed E-state index contributed by atoms with van der Waals surface area (Å²) in [7, 11) is -1.01. The minimum absolute atomic E-state index is 0.227. The molecule has 1 saturated heterocycles. The third kappa shape index (κ3) is 4.64. The zero-order valence-electron chi connectivity index (χ0n) is 15.0. The van der Waals surface area contributed by atoms with Crippen molar-refractivity contribution >= 4 is 8.60 Å². The van der Waals surface area contributed by atoms with Crippen molar-refractivity contribution in [2.24, 2.45) is 0 Å². The van der Waals surface area contributed by atoms with Crippen LogP contribution < -0.4 is 15.8 Å². The number of nitrogens with zero attached hydrogens (tertiary/aromatic N) is 1. The van der Waals surface area contributed by atoms with Crippen LogP contribution in [-0.4, -0.2) is 29.4 Å². The lowest BCUT2D eigenvalue weighted by atomic mass is 10.2. The Labute approximate surface area is 160 Å². The van der Waals surface area contributed by atoms with E-state index in [1.165, 1.54) is 0 Å². The fraction of sp³-hybridized carbons (Fsp3) is 0.412. The summed E-state index contributed by atoms with van der Waals surface area (Å²) in [5.41, 5.74) is -0.784. The van der Waals surface area contributed by atoms with Gasteiger partial charge in [0.1, 0.15) is 12.0 Å². The number of ether oxygens (including phenoxy) is 1. The lowest BCUT2D eigenvalue weighted by Crippen LogP contribution is -2.34. The fourth-order valence-corrected chi connectivity index (χ4v) is 3.89. The van der Waals surface area contributed by atoms with Crippen molar-refractivity contribution in [1.82, 2.24) is 9.55 Å². The molecule has 0 bridgehead atoms. The topological polar surface area (TPSA) is 91.8 Å². The van der Waals surface area contributed by atoms with E-state index >= 15 is 0 Å². The van der Waals surface area contributed by atoms with Crippen LogP contribution in [0.3, 0.4) is 0 Å². The maximum absolute atomic E-state index is 13.4. The van der Waals surface area contributed by atoms with E-state index in [1.54, 1.807) is 0 Å². The summed E-state index contributed by atoms with van der Waals surface area (Å²) in [6, 6.07) is 7.57. The summed E-state index contributed by atoms with van der Waals surface area (Å²) >= 11 is 0. The number of H-pyrrole nitrogens is 1. The first-order chi connectivity index (χ1) is 13.6. The summed E-state index contributed by atoms with van der Waals surface area (Å²) in [6.07, 6.45) is 1.06. The first-order valence-electron chi connectivity index (χ1n) is 8.46. The molecule has 2 aliphatic heterocycles. The molecule has 8 nitrogen and oxygen atoms in total.